The number of aryl methyl sites for hydroxylation is 1. The molecule has 0 saturated heterocycles. The van der Waals surface area contributed by atoms with Crippen molar-refractivity contribution in [3.05, 3.63) is 80.8 Å². The van der Waals surface area contributed by atoms with E-state index >= 15 is 0 Å². The number of halogens is 4. The Balaban J connectivity index is 1.27. The van der Waals surface area contributed by atoms with Gasteiger partial charge in [0.15, 0.2) is 5.69 Å². The molecule has 208 valence electrons. The number of thiazole rings is 1. The van der Waals surface area contributed by atoms with Crippen molar-refractivity contribution in [2.24, 2.45) is 0 Å². The van der Waals surface area contributed by atoms with Gasteiger partial charge < -0.3 is 14.3 Å². The van der Waals surface area contributed by atoms with Crippen LogP contribution in [0.2, 0.25) is 5.02 Å². The lowest BCUT2D eigenvalue weighted by molar-refractivity contribution is -0.193. The number of imidazole rings is 1. The molecule has 0 spiro atoms. The van der Waals surface area contributed by atoms with Crippen LogP contribution in [0.5, 0.6) is 0 Å². The van der Waals surface area contributed by atoms with Crippen molar-refractivity contribution in [2.75, 3.05) is 0 Å². The molecule has 12 nitrogen and oxygen atoms in total. The summed E-state index contributed by atoms with van der Waals surface area (Å²) in [5, 5.41) is 13.1. The highest BCUT2D eigenvalue weighted by molar-refractivity contribution is 7.13. The number of hydrogen-bond acceptors (Lipinski definition) is 10. The minimum atomic E-state index is -5.31. The number of pyridine rings is 1. The molecule has 4 aromatic heterocycles. The number of aromatic nitrogens is 8. The first kappa shape index (κ1) is 26.5. The molecule has 0 aliphatic carbocycles. The predicted molar refractivity (Wildman–Crippen MR) is 136 cm³/mol. The topological polar surface area (TPSA) is 151 Å². The molecule has 5 heterocycles. The van der Waals surface area contributed by atoms with Crippen LogP contribution in [0.25, 0.3) is 27.5 Å². The lowest BCUT2D eigenvalue weighted by Gasteiger charge is -2.15. The van der Waals surface area contributed by atoms with Crippen LogP contribution in [0.4, 0.5) is 13.2 Å². The van der Waals surface area contributed by atoms with Crippen LogP contribution >= 0.6 is 22.9 Å². The van der Waals surface area contributed by atoms with Gasteiger partial charge in [-0.3, -0.25) is 4.79 Å². The van der Waals surface area contributed by atoms with Crippen molar-refractivity contribution in [2.45, 2.75) is 25.1 Å². The number of tetrazole rings is 1. The van der Waals surface area contributed by atoms with E-state index < -0.39 is 29.9 Å². The number of aromatic amines is 1. The molecule has 0 unspecified atom stereocenters. The summed E-state index contributed by atoms with van der Waals surface area (Å²) < 4.78 is 44.1. The first-order chi connectivity index (χ1) is 19.6. The van der Waals surface area contributed by atoms with E-state index in [0.717, 1.165) is 22.4 Å². The first-order valence-corrected chi connectivity index (χ1v) is 13.0. The maximum atomic E-state index is 13.4. The Morgan fingerprint density at radius 2 is 2.02 bits per heavy atom. The lowest BCUT2D eigenvalue weighted by Crippen LogP contribution is -2.28. The summed E-state index contributed by atoms with van der Waals surface area (Å²) in [7, 11) is 0. The van der Waals surface area contributed by atoms with Gasteiger partial charge in [-0.2, -0.15) is 17.9 Å². The third-order valence-corrected chi connectivity index (χ3v) is 7.38. The number of nitrogens with zero attached hydrogens (tertiary/aromatic N) is 7. The molecule has 41 heavy (non-hydrogen) atoms. The van der Waals surface area contributed by atoms with Crippen LogP contribution in [0.1, 0.15) is 34.5 Å². The number of hydrogen-bond donors (Lipinski definition) is 1. The van der Waals surface area contributed by atoms with Gasteiger partial charge >= 0.3 is 18.1 Å². The number of fused-ring (bicyclic) bond motifs is 1. The molecule has 1 atom stereocenters. The van der Waals surface area contributed by atoms with Crippen LogP contribution in [0.3, 0.4) is 0 Å². The summed E-state index contributed by atoms with van der Waals surface area (Å²) in [6, 6.07) is 8.14. The third kappa shape index (κ3) is 5.02. The highest BCUT2D eigenvalue weighted by atomic mass is 35.5. The smallest absolute Gasteiger partial charge is 0.381 e. The Morgan fingerprint density at radius 3 is 2.78 bits per heavy atom. The Bertz CT molecular complexity index is 1860. The highest BCUT2D eigenvalue weighted by Gasteiger charge is 2.43. The minimum Gasteiger partial charge on any atom is -0.381 e. The zero-order valence-electron chi connectivity index (χ0n) is 20.3. The molecule has 1 N–H and O–H groups in total. The molecule has 5 aromatic rings. The number of nitrogens with one attached hydrogen (secondary N) is 1. The van der Waals surface area contributed by atoms with Gasteiger partial charge in [-0.05, 0) is 53.1 Å². The van der Waals surface area contributed by atoms with E-state index in [1.165, 1.54) is 23.3 Å². The fourth-order valence-electron chi connectivity index (χ4n) is 4.52. The molecular formula is C24H14ClF3N8O4S. The number of rotatable bonds is 5. The second-order valence-electron chi connectivity index (χ2n) is 8.81. The molecule has 17 heteroatoms. The Kier molecular flexibility index (Phi) is 6.50. The zero-order valence-corrected chi connectivity index (χ0v) is 21.9. The Morgan fingerprint density at radius 1 is 1.20 bits per heavy atom. The standard InChI is InChI=1S/C24H14ClF3N8O4S/c25-12-1-3-17(35-10-30-33-34-35)14(7-12)11-5-13-2-4-18(36(13)19(37)6-11)20-29-8-15(31-20)21-32-16(9-41-21)22(38)40-23(39)24(26,27)28/h1,3,5-10,18H,2,4H2,(H,29,31)/t18-/m0/s1. The van der Waals surface area contributed by atoms with Gasteiger partial charge in [0, 0.05) is 27.7 Å². The summed E-state index contributed by atoms with van der Waals surface area (Å²) in [4.78, 5) is 47.6. The molecule has 1 aliphatic rings. The number of carbonyl (C=O) groups excluding carboxylic acids is 2. The second-order valence-corrected chi connectivity index (χ2v) is 10.1. The lowest BCUT2D eigenvalue weighted by atomic mass is 10.0. The predicted octanol–water partition coefficient (Wildman–Crippen LogP) is 3.77. The van der Waals surface area contributed by atoms with Crippen molar-refractivity contribution in [3.63, 3.8) is 0 Å². The maximum absolute atomic E-state index is 13.4. The molecule has 1 aromatic carbocycles. The van der Waals surface area contributed by atoms with Gasteiger partial charge in [0.05, 0.1) is 23.6 Å². The zero-order chi connectivity index (χ0) is 28.9. The average molecular weight is 603 g/mol. The normalized spacial score (nSPS) is 14.7. The highest BCUT2D eigenvalue weighted by Crippen LogP contribution is 2.34. The molecule has 0 radical (unpaired) electrons. The number of benzene rings is 1. The third-order valence-electron chi connectivity index (χ3n) is 6.27. The number of alkyl halides is 3. The van der Waals surface area contributed by atoms with Crippen LogP contribution in [-0.2, 0) is 16.0 Å². The summed E-state index contributed by atoms with van der Waals surface area (Å²) in [5.74, 6) is -3.70. The van der Waals surface area contributed by atoms with Gasteiger partial charge in [0.2, 0.25) is 0 Å². The van der Waals surface area contributed by atoms with E-state index in [9.17, 15) is 27.6 Å². The Labute approximate surface area is 235 Å². The summed E-state index contributed by atoms with van der Waals surface area (Å²) in [6.07, 6.45) is -1.30. The van der Waals surface area contributed by atoms with Gasteiger partial charge in [-0.25, -0.2) is 19.6 Å². The monoisotopic (exact) mass is 602 g/mol. The molecule has 0 saturated carbocycles. The van der Waals surface area contributed by atoms with E-state index in [4.69, 9.17) is 11.6 Å². The molecule has 6 rings (SSSR count). The molecule has 0 fully saturated rings. The number of ether oxygens (including phenoxy) is 1. The second kappa shape index (κ2) is 10.0. The van der Waals surface area contributed by atoms with Crippen molar-refractivity contribution >= 4 is 34.9 Å². The van der Waals surface area contributed by atoms with Crippen LogP contribution in [-0.4, -0.2) is 57.8 Å². The van der Waals surface area contributed by atoms with E-state index in [1.54, 1.807) is 22.8 Å². The summed E-state index contributed by atoms with van der Waals surface area (Å²) in [5.41, 5.74) is 2.36. The fraction of sp³-hybridized carbons (Fsp3) is 0.167. The van der Waals surface area contributed by atoms with E-state index in [-0.39, 0.29) is 10.6 Å². The van der Waals surface area contributed by atoms with Gasteiger partial charge in [-0.15, -0.1) is 16.4 Å². The van der Waals surface area contributed by atoms with Crippen LogP contribution in [0, 0.1) is 0 Å². The summed E-state index contributed by atoms with van der Waals surface area (Å²) >= 11 is 7.19. The fourth-order valence-corrected chi connectivity index (χ4v) is 5.45. The van der Waals surface area contributed by atoms with Crippen molar-refractivity contribution in [3.8, 4) is 27.5 Å². The number of H-pyrrole nitrogens is 1. The number of esters is 2. The molecule has 1 aliphatic heterocycles. The van der Waals surface area contributed by atoms with Crippen LogP contribution in [0.15, 0.2) is 53.0 Å². The number of carbonyl (C=O) groups is 2. The van der Waals surface area contributed by atoms with Crippen LogP contribution < -0.4 is 5.56 Å². The van der Waals surface area contributed by atoms with Crippen molar-refractivity contribution < 1.29 is 27.5 Å². The maximum Gasteiger partial charge on any atom is 0.491 e. The van der Waals surface area contributed by atoms with Crippen molar-refractivity contribution in [1.82, 2.24) is 39.7 Å². The molecule has 0 bridgehead atoms. The van der Waals surface area contributed by atoms with Crippen molar-refractivity contribution in [1.29, 1.82) is 0 Å². The SMILES string of the molecule is O=C(OC(=O)C(F)(F)F)c1csc(-c2cnc([C@@H]3CCc4cc(-c5cc(Cl)ccc5-n5cnnn5)cc(=O)n43)[nH]2)n1. The molecule has 0 amide bonds. The minimum absolute atomic E-state index is 0.229. The van der Waals surface area contributed by atoms with Gasteiger partial charge in [0.1, 0.15) is 17.2 Å². The van der Waals surface area contributed by atoms with E-state index in [0.29, 0.717) is 46.2 Å². The van der Waals surface area contributed by atoms with Gasteiger partial charge in [0.25, 0.3) is 5.56 Å². The average Bonchev–Trinajstić information content (AvgIpc) is 3.73. The van der Waals surface area contributed by atoms with E-state index in [2.05, 4.69) is 35.2 Å². The van der Waals surface area contributed by atoms with Gasteiger partial charge in [-0.1, -0.05) is 11.6 Å². The largest absolute Gasteiger partial charge is 0.491 e. The van der Waals surface area contributed by atoms with E-state index in [1.807, 2.05) is 6.07 Å². The summed E-state index contributed by atoms with van der Waals surface area (Å²) in [6.45, 7) is 0. The Hall–Kier alpha value is -4.70. The quantitative estimate of drug-likeness (QED) is 0.234. The first-order valence-electron chi connectivity index (χ1n) is 11.7. The molecular weight excluding hydrogens is 589 g/mol.